The number of carbonyl (C=O) groups is 1. The van der Waals surface area contributed by atoms with Gasteiger partial charge in [-0.15, -0.1) is 0 Å². The zero-order chi connectivity index (χ0) is 25.6. The average molecular weight is 475 g/mol. The number of fused-ring (bicyclic) bond motifs is 1. The first-order valence-electron chi connectivity index (χ1n) is 13.6. The summed E-state index contributed by atoms with van der Waals surface area (Å²) >= 11 is 0. The van der Waals surface area contributed by atoms with Crippen LogP contribution in [0.3, 0.4) is 0 Å². The van der Waals surface area contributed by atoms with Gasteiger partial charge in [0.25, 0.3) is 0 Å². The van der Waals surface area contributed by atoms with E-state index >= 15 is 0 Å². The Morgan fingerprint density at radius 2 is 1.46 bits per heavy atom. The standard InChI is InChI=1S/C33H46O2/c1-8-9-10-11-12-13-14-27-22-29-30(33(5,6)20-19-32(29,3)4)23-28(27)24(2)21-25-15-17-26(18-16-25)31(34)35-7/h15-18,21-23H,8-14,19-20H2,1-7H3/b24-21+. The molecule has 190 valence electrons. The Hall–Kier alpha value is -2.35. The largest absolute Gasteiger partial charge is 0.465 e. The molecule has 0 saturated carbocycles. The Balaban J connectivity index is 1.97. The van der Waals surface area contributed by atoms with Crippen LogP contribution < -0.4 is 0 Å². The summed E-state index contributed by atoms with van der Waals surface area (Å²) in [7, 11) is 1.42. The van der Waals surface area contributed by atoms with Crippen molar-refractivity contribution >= 4 is 17.6 Å². The van der Waals surface area contributed by atoms with Crippen molar-refractivity contribution in [1.29, 1.82) is 0 Å². The molecule has 1 aliphatic carbocycles. The maximum Gasteiger partial charge on any atom is 0.337 e. The molecule has 0 radical (unpaired) electrons. The summed E-state index contributed by atoms with van der Waals surface area (Å²) in [5.41, 5.74) is 9.35. The van der Waals surface area contributed by atoms with E-state index in [0.29, 0.717) is 5.56 Å². The van der Waals surface area contributed by atoms with Gasteiger partial charge >= 0.3 is 5.97 Å². The fourth-order valence-electron chi connectivity index (χ4n) is 5.49. The summed E-state index contributed by atoms with van der Waals surface area (Å²) in [4.78, 5) is 11.8. The molecule has 0 spiro atoms. The highest BCUT2D eigenvalue weighted by molar-refractivity contribution is 5.90. The topological polar surface area (TPSA) is 26.3 Å². The second-order valence-corrected chi connectivity index (χ2v) is 11.8. The summed E-state index contributed by atoms with van der Waals surface area (Å²) in [5.74, 6) is -0.294. The summed E-state index contributed by atoms with van der Waals surface area (Å²) < 4.78 is 4.85. The first kappa shape index (κ1) is 27.2. The van der Waals surface area contributed by atoms with Crippen LogP contribution in [-0.2, 0) is 22.0 Å². The normalized spacial score (nSPS) is 16.6. The fraction of sp³-hybridized carbons (Fsp3) is 0.545. The predicted octanol–water partition coefficient (Wildman–Crippen LogP) is 9.29. The van der Waals surface area contributed by atoms with Crippen molar-refractivity contribution in [3.63, 3.8) is 0 Å². The van der Waals surface area contributed by atoms with E-state index < -0.39 is 0 Å². The maximum absolute atomic E-state index is 11.8. The van der Waals surface area contributed by atoms with E-state index in [1.54, 1.807) is 5.56 Å². The summed E-state index contributed by atoms with van der Waals surface area (Å²) in [6.07, 6.45) is 13.8. The molecule has 0 saturated heterocycles. The minimum atomic E-state index is -0.294. The molecular formula is C33H46O2. The van der Waals surface area contributed by atoms with Crippen LogP contribution in [0.1, 0.15) is 131 Å². The van der Waals surface area contributed by atoms with E-state index in [4.69, 9.17) is 4.74 Å². The molecule has 0 aromatic heterocycles. The fourth-order valence-corrected chi connectivity index (χ4v) is 5.49. The third kappa shape index (κ3) is 6.66. The molecule has 0 atom stereocenters. The van der Waals surface area contributed by atoms with Crippen LogP contribution in [0.5, 0.6) is 0 Å². The molecule has 0 amide bonds. The Morgan fingerprint density at radius 3 is 2.06 bits per heavy atom. The number of esters is 1. The van der Waals surface area contributed by atoms with Gasteiger partial charge in [-0.25, -0.2) is 4.79 Å². The Bertz CT molecular complexity index is 1040. The number of rotatable bonds is 10. The van der Waals surface area contributed by atoms with Crippen molar-refractivity contribution in [2.24, 2.45) is 0 Å². The second kappa shape index (κ2) is 11.6. The van der Waals surface area contributed by atoms with Crippen LogP contribution >= 0.6 is 0 Å². The van der Waals surface area contributed by atoms with E-state index in [1.165, 1.54) is 80.7 Å². The van der Waals surface area contributed by atoms with Crippen LogP contribution in [0.4, 0.5) is 0 Å². The molecule has 0 unspecified atom stereocenters. The van der Waals surface area contributed by atoms with E-state index in [-0.39, 0.29) is 16.8 Å². The molecule has 1 aliphatic rings. The van der Waals surface area contributed by atoms with Crippen LogP contribution in [0.15, 0.2) is 36.4 Å². The Kier molecular flexibility index (Phi) is 9.02. The van der Waals surface area contributed by atoms with Crippen LogP contribution in [0.2, 0.25) is 0 Å². The SMILES string of the molecule is CCCCCCCCc1cc2c(cc1/C(C)=C/c1ccc(C(=O)OC)cc1)C(C)(C)CCC2(C)C. The maximum atomic E-state index is 11.8. The number of ether oxygens (including phenoxy) is 1. The van der Waals surface area contributed by atoms with Crippen molar-refractivity contribution < 1.29 is 9.53 Å². The van der Waals surface area contributed by atoms with E-state index in [9.17, 15) is 4.79 Å². The molecule has 0 heterocycles. The highest BCUT2D eigenvalue weighted by atomic mass is 16.5. The lowest BCUT2D eigenvalue weighted by Crippen LogP contribution is -2.34. The molecule has 2 heteroatoms. The third-order valence-corrected chi connectivity index (χ3v) is 8.02. The van der Waals surface area contributed by atoms with Crippen molar-refractivity contribution in [2.75, 3.05) is 7.11 Å². The highest BCUT2D eigenvalue weighted by Gasteiger charge is 2.37. The molecule has 2 aromatic rings. The van der Waals surface area contributed by atoms with E-state index in [1.807, 2.05) is 24.3 Å². The summed E-state index contributed by atoms with van der Waals surface area (Å²) in [6, 6.07) is 12.8. The number of aryl methyl sites for hydroxylation is 1. The molecule has 35 heavy (non-hydrogen) atoms. The van der Waals surface area contributed by atoms with Crippen molar-refractivity contribution in [3.8, 4) is 0 Å². The lowest BCUT2D eigenvalue weighted by atomic mass is 9.62. The number of carbonyl (C=O) groups excluding carboxylic acids is 1. The number of unbranched alkanes of at least 4 members (excludes halogenated alkanes) is 5. The molecule has 0 N–H and O–H groups in total. The summed E-state index contributed by atoms with van der Waals surface area (Å²) in [6.45, 7) is 14.2. The zero-order valence-electron chi connectivity index (χ0n) is 23.2. The van der Waals surface area contributed by atoms with Crippen molar-refractivity contribution in [3.05, 3.63) is 69.8 Å². The van der Waals surface area contributed by atoms with E-state index in [2.05, 4.69) is 59.8 Å². The number of hydrogen-bond acceptors (Lipinski definition) is 2. The van der Waals surface area contributed by atoms with Gasteiger partial charge in [0.05, 0.1) is 12.7 Å². The predicted molar refractivity (Wildman–Crippen MR) is 150 cm³/mol. The number of benzene rings is 2. The number of allylic oxidation sites excluding steroid dienone is 1. The van der Waals surface area contributed by atoms with Gasteiger partial charge in [0.2, 0.25) is 0 Å². The number of hydrogen-bond donors (Lipinski definition) is 0. The smallest absolute Gasteiger partial charge is 0.337 e. The Labute approximate surface area is 214 Å². The third-order valence-electron chi connectivity index (χ3n) is 8.02. The van der Waals surface area contributed by atoms with Gasteiger partial charge in [-0.2, -0.15) is 0 Å². The first-order valence-corrected chi connectivity index (χ1v) is 13.6. The van der Waals surface area contributed by atoms with Crippen molar-refractivity contribution in [1.82, 2.24) is 0 Å². The lowest BCUT2D eigenvalue weighted by Gasteiger charge is -2.42. The monoisotopic (exact) mass is 474 g/mol. The Morgan fingerprint density at radius 1 is 0.886 bits per heavy atom. The van der Waals surface area contributed by atoms with Gasteiger partial charge in [0, 0.05) is 0 Å². The van der Waals surface area contributed by atoms with Gasteiger partial charge < -0.3 is 4.74 Å². The zero-order valence-corrected chi connectivity index (χ0v) is 23.2. The molecule has 0 bridgehead atoms. The van der Waals surface area contributed by atoms with Gasteiger partial charge in [0.15, 0.2) is 0 Å². The van der Waals surface area contributed by atoms with Gasteiger partial charge in [-0.05, 0) is 89.0 Å². The average Bonchev–Trinajstić information content (AvgIpc) is 2.83. The molecule has 0 fully saturated rings. The summed E-state index contributed by atoms with van der Waals surface area (Å²) in [5, 5.41) is 0. The lowest BCUT2D eigenvalue weighted by molar-refractivity contribution is 0.0600. The highest BCUT2D eigenvalue weighted by Crippen LogP contribution is 2.47. The van der Waals surface area contributed by atoms with Gasteiger partial charge in [0.1, 0.15) is 0 Å². The van der Waals surface area contributed by atoms with Gasteiger partial charge in [-0.1, -0.05) is 97.1 Å². The molecule has 0 aliphatic heterocycles. The molecule has 2 aromatic carbocycles. The second-order valence-electron chi connectivity index (χ2n) is 11.8. The van der Waals surface area contributed by atoms with Crippen molar-refractivity contribution in [2.45, 2.75) is 110 Å². The first-order chi connectivity index (χ1) is 16.6. The van der Waals surface area contributed by atoms with E-state index in [0.717, 1.165) is 12.0 Å². The van der Waals surface area contributed by atoms with Crippen LogP contribution in [0, 0.1) is 0 Å². The quantitative estimate of drug-likeness (QED) is 0.195. The molecular weight excluding hydrogens is 428 g/mol. The minimum absolute atomic E-state index is 0.195. The molecule has 2 nitrogen and oxygen atoms in total. The number of methoxy groups -OCH3 is 1. The minimum Gasteiger partial charge on any atom is -0.465 e. The van der Waals surface area contributed by atoms with Crippen LogP contribution in [-0.4, -0.2) is 13.1 Å². The molecule has 3 rings (SSSR count). The van der Waals surface area contributed by atoms with Crippen LogP contribution in [0.25, 0.3) is 11.6 Å². The van der Waals surface area contributed by atoms with Gasteiger partial charge in [-0.3, -0.25) is 0 Å².